The lowest BCUT2D eigenvalue weighted by Gasteiger charge is -2.11. The summed E-state index contributed by atoms with van der Waals surface area (Å²) < 4.78 is 56.7. The maximum absolute atomic E-state index is 13.4. The summed E-state index contributed by atoms with van der Waals surface area (Å²) in [6, 6.07) is 12.9. The van der Waals surface area contributed by atoms with E-state index in [0.717, 1.165) is 17.5 Å². The van der Waals surface area contributed by atoms with Gasteiger partial charge in [0.2, 0.25) is 5.88 Å². The molecular formula is C21H12ClF4N3O. The molecule has 0 amide bonds. The lowest BCUT2D eigenvalue weighted by atomic mass is 10.2. The van der Waals surface area contributed by atoms with E-state index in [2.05, 4.69) is 15.3 Å². The van der Waals surface area contributed by atoms with Crippen molar-refractivity contribution in [3.05, 3.63) is 83.4 Å². The van der Waals surface area contributed by atoms with Gasteiger partial charge in [-0.1, -0.05) is 11.6 Å². The number of halogens is 5. The molecule has 9 heteroatoms. The third kappa shape index (κ3) is 4.44. The molecule has 0 aliphatic carbocycles. The molecule has 30 heavy (non-hydrogen) atoms. The van der Waals surface area contributed by atoms with E-state index < -0.39 is 11.7 Å². The van der Waals surface area contributed by atoms with Crippen LogP contribution in [0.25, 0.3) is 10.8 Å². The van der Waals surface area contributed by atoms with Crippen LogP contribution in [0.3, 0.4) is 0 Å². The third-order valence-corrected chi connectivity index (χ3v) is 4.46. The van der Waals surface area contributed by atoms with Crippen LogP contribution in [0, 0.1) is 5.82 Å². The van der Waals surface area contributed by atoms with Crippen molar-refractivity contribution in [1.82, 2.24) is 9.97 Å². The predicted octanol–water partition coefficient (Wildman–Crippen LogP) is 6.98. The monoisotopic (exact) mass is 433 g/mol. The van der Waals surface area contributed by atoms with Crippen LogP contribution >= 0.6 is 11.6 Å². The van der Waals surface area contributed by atoms with Crippen molar-refractivity contribution in [1.29, 1.82) is 0 Å². The standard InChI is InChI=1S/C21H12ClF4N3O/c22-17-9-16(29-19-8-13-7-15(23)3-1-12(13)10-27-19)4-5-18(17)30-20-6-2-14(11-28-20)21(24,25)26/h1-11H,(H,27,29). The minimum atomic E-state index is -4.47. The Hall–Kier alpha value is -3.39. The first kappa shape index (κ1) is 19.9. The molecule has 0 spiro atoms. The lowest BCUT2D eigenvalue weighted by molar-refractivity contribution is -0.137. The van der Waals surface area contributed by atoms with Crippen molar-refractivity contribution in [3.8, 4) is 11.6 Å². The molecule has 152 valence electrons. The number of alkyl halides is 3. The second-order valence-electron chi connectivity index (χ2n) is 6.32. The Morgan fingerprint density at radius 3 is 2.40 bits per heavy atom. The van der Waals surface area contributed by atoms with Gasteiger partial charge >= 0.3 is 6.18 Å². The fourth-order valence-corrected chi connectivity index (χ4v) is 2.93. The van der Waals surface area contributed by atoms with Gasteiger partial charge in [0.15, 0.2) is 0 Å². The molecule has 2 aromatic heterocycles. The van der Waals surface area contributed by atoms with Gasteiger partial charge < -0.3 is 10.1 Å². The molecule has 0 atom stereocenters. The van der Waals surface area contributed by atoms with Crippen LogP contribution in [-0.4, -0.2) is 9.97 Å². The van der Waals surface area contributed by atoms with Gasteiger partial charge in [0.1, 0.15) is 17.4 Å². The maximum atomic E-state index is 13.4. The highest BCUT2D eigenvalue weighted by molar-refractivity contribution is 6.32. The lowest BCUT2D eigenvalue weighted by Crippen LogP contribution is -2.05. The highest BCUT2D eigenvalue weighted by Gasteiger charge is 2.30. The van der Waals surface area contributed by atoms with Crippen molar-refractivity contribution in [2.75, 3.05) is 5.32 Å². The van der Waals surface area contributed by atoms with Crippen LogP contribution in [0.2, 0.25) is 5.02 Å². The molecule has 0 aliphatic rings. The molecule has 0 radical (unpaired) electrons. The summed E-state index contributed by atoms with van der Waals surface area (Å²) in [6.45, 7) is 0. The van der Waals surface area contributed by atoms with Gasteiger partial charge in [0.25, 0.3) is 0 Å². The number of nitrogens with zero attached hydrogens (tertiary/aromatic N) is 2. The summed E-state index contributed by atoms with van der Waals surface area (Å²) in [5, 5.41) is 4.76. The highest BCUT2D eigenvalue weighted by Crippen LogP contribution is 2.34. The Labute approximate surface area is 173 Å². The van der Waals surface area contributed by atoms with Crippen molar-refractivity contribution >= 4 is 33.9 Å². The summed E-state index contributed by atoms with van der Waals surface area (Å²) in [5.74, 6) is 0.343. The van der Waals surface area contributed by atoms with Crippen LogP contribution in [0.4, 0.5) is 29.1 Å². The zero-order chi connectivity index (χ0) is 21.3. The largest absolute Gasteiger partial charge is 0.437 e. The van der Waals surface area contributed by atoms with E-state index in [1.807, 2.05) is 0 Å². The molecule has 4 nitrogen and oxygen atoms in total. The molecular weight excluding hydrogens is 422 g/mol. The zero-order valence-electron chi connectivity index (χ0n) is 15.0. The Bertz CT molecular complexity index is 1210. The zero-order valence-corrected chi connectivity index (χ0v) is 15.8. The van der Waals surface area contributed by atoms with Gasteiger partial charge in [0, 0.05) is 29.5 Å². The summed E-state index contributed by atoms with van der Waals surface area (Å²) in [7, 11) is 0. The number of hydrogen-bond donors (Lipinski definition) is 1. The van der Waals surface area contributed by atoms with E-state index in [4.69, 9.17) is 16.3 Å². The van der Waals surface area contributed by atoms with Crippen molar-refractivity contribution in [3.63, 3.8) is 0 Å². The average molecular weight is 434 g/mol. The van der Waals surface area contributed by atoms with Crippen molar-refractivity contribution in [2.24, 2.45) is 0 Å². The molecule has 1 N–H and O–H groups in total. The Morgan fingerprint density at radius 2 is 1.70 bits per heavy atom. The first-order chi connectivity index (χ1) is 14.3. The van der Waals surface area contributed by atoms with Gasteiger partial charge in [-0.15, -0.1) is 0 Å². The number of pyridine rings is 2. The number of nitrogens with one attached hydrogen (secondary N) is 1. The van der Waals surface area contributed by atoms with E-state index in [-0.39, 0.29) is 22.5 Å². The van der Waals surface area contributed by atoms with E-state index >= 15 is 0 Å². The number of anilines is 2. The first-order valence-electron chi connectivity index (χ1n) is 8.61. The average Bonchev–Trinajstić information content (AvgIpc) is 2.69. The van der Waals surface area contributed by atoms with Crippen LogP contribution in [0.15, 0.2) is 67.0 Å². The van der Waals surface area contributed by atoms with E-state index in [9.17, 15) is 17.6 Å². The Balaban J connectivity index is 1.50. The minimum absolute atomic E-state index is 0.0242. The summed E-state index contributed by atoms with van der Waals surface area (Å²) >= 11 is 6.22. The summed E-state index contributed by atoms with van der Waals surface area (Å²) in [4.78, 5) is 7.92. The van der Waals surface area contributed by atoms with Crippen molar-refractivity contribution in [2.45, 2.75) is 6.18 Å². The molecule has 0 saturated heterocycles. The quantitative estimate of drug-likeness (QED) is 0.353. The van der Waals surface area contributed by atoms with Gasteiger partial charge in [0.05, 0.1) is 10.6 Å². The van der Waals surface area contributed by atoms with Crippen LogP contribution in [-0.2, 0) is 6.18 Å². The minimum Gasteiger partial charge on any atom is -0.437 e. The molecule has 2 heterocycles. The number of ether oxygens (including phenoxy) is 1. The van der Waals surface area contributed by atoms with E-state index in [1.165, 1.54) is 12.1 Å². The van der Waals surface area contributed by atoms with Crippen LogP contribution in [0.1, 0.15) is 5.56 Å². The molecule has 0 bridgehead atoms. The topological polar surface area (TPSA) is 47.0 Å². The Kier molecular flexibility index (Phi) is 5.17. The molecule has 0 saturated carbocycles. The molecule has 2 aromatic carbocycles. The van der Waals surface area contributed by atoms with Gasteiger partial charge in [-0.25, -0.2) is 14.4 Å². The first-order valence-corrected chi connectivity index (χ1v) is 8.99. The van der Waals surface area contributed by atoms with Gasteiger partial charge in [-0.3, -0.25) is 0 Å². The fraction of sp³-hybridized carbons (Fsp3) is 0.0476. The SMILES string of the molecule is Fc1ccc2cnc(Nc3ccc(Oc4ccc(C(F)(F)F)cn4)c(Cl)c3)cc2c1. The third-order valence-electron chi connectivity index (χ3n) is 4.17. The predicted molar refractivity (Wildman–Crippen MR) is 106 cm³/mol. The van der Waals surface area contributed by atoms with Crippen LogP contribution in [0.5, 0.6) is 11.6 Å². The van der Waals surface area contributed by atoms with E-state index in [1.54, 1.807) is 36.5 Å². The molecule has 0 aliphatic heterocycles. The van der Waals surface area contributed by atoms with Crippen LogP contribution < -0.4 is 10.1 Å². The van der Waals surface area contributed by atoms with E-state index in [0.29, 0.717) is 23.1 Å². The summed E-state index contributed by atoms with van der Waals surface area (Å²) in [6.07, 6.45) is -2.17. The molecule has 4 aromatic rings. The molecule has 0 fully saturated rings. The number of rotatable bonds is 4. The van der Waals surface area contributed by atoms with Gasteiger partial charge in [-0.05, 0) is 53.9 Å². The number of aromatic nitrogens is 2. The molecule has 0 unspecified atom stereocenters. The number of hydrogen-bond acceptors (Lipinski definition) is 4. The smallest absolute Gasteiger partial charge is 0.417 e. The van der Waals surface area contributed by atoms with Crippen molar-refractivity contribution < 1.29 is 22.3 Å². The second kappa shape index (κ2) is 7.79. The van der Waals surface area contributed by atoms with Gasteiger partial charge in [-0.2, -0.15) is 13.2 Å². The number of benzene rings is 2. The Morgan fingerprint density at radius 1 is 0.867 bits per heavy atom. The maximum Gasteiger partial charge on any atom is 0.417 e. The number of fused-ring (bicyclic) bond motifs is 1. The second-order valence-corrected chi connectivity index (χ2v) is 6.72. The fourth-order valence-electron chi connectivity index (χ4n) is 2.71. The normalized spacial score (nSPS) is 11.5. The summed E-state index contributed by atoms with van der Waals surface area (Å²) in [5.41, 5.74) is -0.278. The molecule has 4 rings (SSSR count). The highest BCUT2D eigenvalue weighted by atomic mass is 35.5.